The maximum atomic E-state index is 12.2. The lowest BCUT2D eigenvalue weighted by atomic mass is 10.2. The minimum absolute atomic E-state index is 0.167. The largest absolute Gasteiger partial charge is 0.478 e. The van der Waals surface area contributed by atoms with E-state index in [2.05, 4.69) is 10.4 Å². The Hall–Kier alpha value is -3.67. The summed E-state index contributed by atoms with van der Waals surface area (Å²) in [6.07, 6.45) is 4.54. The molecule has 2 N–H and O–H groups in total. The van der Waals surface area contributed by atoms with E-state index in [1.165, 1.54) is 6.08 Å². The van der Waals surface area contributed by atoms with Crippen molar-refractivity contribution in [3.63, 3.8) is 0 Å². The molecule has 3 aromatic rings. The van der Waals surface area contributed by atoms with Gasteiger partial charge >= 0.3 is 5.97 Å². The van der Waals surface area contributed by atoms with Crippen LogP contribution >= 0.6 is 0 Å². The number of carboxylic acid groups (broad SMARTS) is 1. The summed E-state index contributed by atoms with van der Waals surface area (Å²) in [6, 6.07) is 18.4. The number of para-hydroxylation sites is 1. The molecule has 0 spiro atoms. The SMILES string of the molecule is O=C(O)/C=C/c1ccc(NC(=O)Cc2ccn(-c3ccccc3)n2)cc1. The van der Waals surface area contributed by atoms with E-state index in [0.29, 0.717) is 11.4 Å². The number of aliphatic carboxylic acids is 1. The van der Waals surface area contributed by atoms with E-state index in [1.54, 1.807) is 28.9 Å². The molecule has 1 heterocycles. The molecule has 1 amide bonds. The molecule has 26 heavy (non-hydrogen) atoms. The monoisotopic (exact) mass is 347 g/mol. The van der Waals surface area contributed by atoms with E-state index in [4.69, 9.17) is 5.11 Å². The van der Waals surface area contributed by atoms with E-state index < -0.39 is 5.97 Å². The van der Waals surface area contributed by atoms with Crippen molar-refractivity contribution in [1.82, 2.24) is 9.78 Å². The number of amides is 1. The van der Waals surface area contributed by atoms with Crippen LogP contribution < -0.4 is 5.32 Å². The van der Waals surface area contributed by atoms with Crippen molar-refractivity contribution in [2.75, 3.05) is 5.32 Å². The number of anilines is 1. The number of aromatic nitrogens is 2. The normalized spacial score (nSPS) is 10.8. The van der Waals surface area contributed by atoms with Crippen LogP contribution in [0.1, 0.15) is 11.3 Å². The van der Waals surface area contributed by atoms with Gasteiger partial charge in [-0.15, -0.1) is 0 Å². The lowest BCUT2D eigenvalue weighted by molar-refractivity contribution is -0.131. The molecule has 0 unspecified atom stereocenters. The van der Waals surface area contributed by atoms with Gasteiger partial charge in [-0.2, -0.15) is 5.10 Å². The summed E-state index contributed by atoms with van der Waals surface area (Å²) in [6.45, 7) is 0. The molecule has 0 radical (unpaired) electrons. The summed E-state index contributed by atoms with van der Waals surface area (Å²) >= 11 is 0. The molecule has 6 heteroatoms. The number of hydrogen-bond acceptors (Lipinski definition) is 3. The average molecular weight is 347 g/mol. The van der Waals surface area contributed by atoms with Gasteiger partial charge in [0.05, 0.1) is 17.8 Å². The zero-order valence-corrected chi connectivity index (χ0v) is 13.9. The molecule has 3 rings (SSSR count). The Labute approximate surface area is 150 Å². The highest BCUT2D eigenvalue weighted by molar-refractivity contribution is 5.92. The van der Waals surface area contributed by atoms with Gasteiger partial charge in [0.2, 0.25) is 5.91 Å². The predicted octanol–water partition coefficient (Wildman–Crippen LogP) is 3.15. The first kappa shape index (κ1) is 17.2. The molecule has 0 aliphatic carbocycles. The van der Waals surface area contributed by atoms with Gasteiger partial charge in [0, 0.05) is 18.0 Å². The number of nitrogens with zero attached hydrogens (tertiary/aromatic N) is 2. The van der Waals surface area contributed by atoms with E-state index in [0.717, 1.165) is 17.3 Å². The summed E-state index contributed by atoms with van der Waals surface area (Å²) in [5.41, 5.74) is 2.99. The fourth-order valence-corrected chi connectivity index (χ4v) is 2.40. The van der Waals surface area contributed by atoms with Crippen LogP contribution in [0.4, 0.5) is 5.69 Å². The minimum atomic E-state index is -1.00. The van der Waals surface area contributed by atoms with Gasteiger partial charge in [-0.3, -0.25) is 4.79 Å². The van der Waals surface area contributed by atoms with Crippen LogP contribution in [0.5, 0.6) is 0 Å². The Morgan fingerprint density at radius 3 is 2.46 bits per heavy atom. The highest BCUT2D eigenvalue weighted by Crippen LogP contribution is 2.12. The van der Waals surface area contributed by atoms with E-state index in [1.807, 2.05) is 42.6 Å². The van der Waals surface area contributed by atoms with Gasteiger partial charge in [0.15, 0.2) is 0 Å². The number of carboxylic acids is 1. The lowest BCUT2D eigenvalue weighted by Gasteiger charge is -2.04. The molecule has 130 valence electrons. The molecule has 0 aliphatic rings. The van der Waals surface area contributed by atoms with E-state index in [-0.39, 0.29) is 12.3 Å². The van der Waals surface area contributed by atoms with Gasteiger partial charge in [-0.05, 0) is 42.0 Å². The van der Waals surface area contributed by atoms with Gasteiger partial charge < -0.3 is 10.4 Å². The smallest absolute Gasteiger partial charge is 0.328 e. The van der Waals surface area contributed by atoms with Crippen LogP contribution in [-0.4, -0.2) is 26.8 Å². The van der Waals surface area contributed by atoms with Crippen LogP contribution in [0.25, 0.3) is 11.8 Å². The van der Waals surface area contributed by atoms with Gasteiger partial charge in [0.1, 0.15) is 0 Å². The predicted molar refractivity (Wildman–Crippen MR) is 99.0 cm³/mol. The summed E-state index contributed by atoms with van der Waals surface area (Å²) in [5.74, 6) is -1.17. The zero-order valence-electron chi connectivity index (χ0n) is 13.9. The van der Waals surface area contributed by atoms with Crippen LogP contribution in [-0.2, 0) is 16.0 Å². The topological polar surface area (TPSA) is 84.2 Å². The van der Waals surface area contributed by atoms with Crippen molar-refractivity contribution >= 4 is 23.6 Å². The molecule has 2 aromatic carbocycles. The first-order valence-corrected chi connectivity index (χ1v) is 8.01. The minimum Gasteiger partial charge on any atom is -0.478 e. The van der Waals surface area contributed by atoms with Crippen molar-refractivity contribution in [3.05, 3.63) is 84.2 Å². The second-order valence-electron chi connectivity index (χ2n) is 5.61. The molecule has 1 aromatic heterocycles. The Morgan fingerprint density at radius 2 is 1.77 bits per heavy atom. The molecular weight excluding hydrogens is 330 g/mol. The average Bonchev–Trinajstić information content (AvgIpc) is 3.10. The Balaban J connectivity index is 1.59. The maximum absolute atomic E-state index is 12.2. The first-order valence-electron chi connectivity index (χ1n) is 8.01. The van der Waals surface area contributed by atoms with Crippen molar-refractivity contribution in [2.45, 2.75) is 6.42 Å². The highest BCUT2D eigenvalue weighted by Gasteiger charge is 2.08. The van der Waals surface area contributed by atoms with Crippen molar-refractivity contribution in [1.29, 1.82) is 0 Å². The third kappa shape index (κ3) is 4.67. The standard InChI is InChI=1S/C20H17N3O3/c24-19(21-16-9-6-15(7-10-16)8-11-20(25)26)14-17-12-13-23(22-17)18-4-2-1-3-5-18/h1-13H,14H2,(H,21,24)(H,25,26)/b11-8+. The zero-order chi connectivity index (χ0) is 18.4. The summed E-state index contributed by atoms with van der Waals surface area (Å²) in [5, 5.41) is 15.8. The number of rotatable bonds is 6. The van der Waals surface area contributed by atoms with Gasteiger partial charge in [-0.1, -0.05) is 30.3 Å². The molecule has 6 nitrogen and oxygen atoms in total. The Kier molecular flexibility index (Phi) is 5.24. The third-order valence-corrected chi connectivity index (χ3v) is 3.62. The number of benzene rings is 2. The van der Waals surface area contributed by atoms with Crippen LogP contribution in [0.15, 0.2) is 72.9 Å². The van der Waals surface area contributed by atoms with E-state index in [9.17, 15) is 9.59 Å². The van der Waals surface area contributed by atoms with Gasteiger partial charge in [-0.25, -0.2) is 9.48 Å². The molecule has 0 atom stereocenters. The second-order valence-corrected chi connectivity index (χ2v) is 5.61. The summed E-state index contributed by atoms with van der Waals surface area (Å²) < 4.78 is 1.73. The number of hydrogen-bond donors (Lipinski definition) is 2. The van der Waals surface area contributed by atoms with Crippen molar-refractivity contribution in [3.8, 4) is 5.69 Å². The van der Waals surface area contributed by atoms with Crippen LogP contribution in [0.2, 0.25) is 0 Å². The lowest BCUT2D eigenvalue weighted by Crippen LogP contribution is -2.14. The molecule has 0 aliphatic heterocycles. The Bertz CT molecular complexity index is 928. The maximum Gasteiger partial charge on any atom is 0.328 e. The number of nitrogens with one attached hydrogen (secondary N) is 1. The number of carbonyl (C=O) groups is 2. The molecule has 0 saturated heterocycles. The van der Waals surface area contributed by atoms with Crippen LogP contribution in [0, 0.1) is 0 Å². The number of carbonyl (C=O) groups excluding carboxylic acids is 1. The van der Waals surface area contributed by atoms with Crippen LogP contribution in [0.3, 0.4) is 0 Å². The Morgan fingerprint density at radius 1 is 1.04 bits per heavy atom. The fourth-order valence-electron chi connectivity index (χ4n) is 2.40. The quantitative estimate of drug-likeness (QED) is 0.671. The van der Waals surface area contributed by atoms with Crippen molar-refractivity contribution < 1.29 is 14.7 Å². The van der Waals surface area contributed by atoms with Gasteiger partial charge in [0.25, 0.3) is 0 Å². The fraction of sp³-hybridized carbons (Fsp3) is 0.0500. The third-order valence-electron chi connectivity index (χ3n) is 3.62. The molecular formula is C20H17N3O3. The molecule has 0 bridgehead atoms. The summed E-state index contributed by atoms with van der Waals surface area (Å²) in [7, 11) is 0. The van der Waals surface area contributed by atoms with E-state index >= 15 is 0 Å². The highest BCUT2D eigenvalue weighted by atomic mass is 16.4. The molecule has 0 fully saturated rings. The molecule has 0 saturated carbocycles. The van der Waals surface area contributed by atoms with Crippen molar-refractivity contribution in [2.24, 2.45) is 0 Å². The summed E-state index contributed by atoms with van der Waals surface area (Å²) in [4.78, 5) is 22.7. The first-order chi connectivity index (χ1) is 12.6. The second kappa shape index (κ2) is 7.94.